The lowest BCUT2D eigenvalue weighted by Crippen LogP contribution is -2.28. The van der Waals surface area contributed by atoms with Gasteiger partial charge in [0.25, 0.3) is 0 Å². The van der Waals surface area contributed by atoms with Crippen molar-refractivity contribution in [3.63, 3.8) is 0 Å². The van der Waals surface area contributed by atoms with E-state index in [1.54, 1.807) is 0 Å². The molecule has 1 aliphatic rings. The summed E-state index contributed by atoms with van der Waals surface area (Å²) in [7, 11) is 0. The van der Waals surface area contributed by atoms with Gasteiger partial charge in [-0.2, -0.15) is 16.7 Å². The van der Waals surface area contributed by atoms with Crippen molar-refractivity contribution in [3.8, 4) is 0 Å². The Morgan fingerprint density at radius 2 is 2.32 bits per heavy atom. The number of hydrogen-bond donors (Lipinski definition) is 1. The Balaban J connectivity index is 1.76. The van der Waals surface area contributed by atoms with Gasteiger partial charge in [0.05, 0.1) is 0 Å². The lowest BCUT2D eigenvalue weighted by molar-refractivity contribution is 0.471. The molecule has 4 nitrogen and oxygen atoms in total. The van der Waals surface area contributed by atoms with Crippen molar-refractivity contribution in [1.29, 1.82) is 0 Å². The van der Waals surface area contributed by atoms with E-state index in [0.29, 0.717) is 6.04 Å². The van der Waals surface area contributed by atoms with Gasteiger partial charge in [-0.3, -0.25) is 0 Å². The Morgan fingerprint density at radius 1 is 1.42 bits per heavy atom. The Kier molecular flexibility index (Phi) is 3.64. The highest BCUT2D eigenvalue weighted by molar-refractivity contribution is 7.99. The summed E-state index contributed by atoms with van der Waals surface area (Å²) < 4.78 is 1.85. The van der Waals surface area contributed by atoms with Crippen molar-refractivity contribution < 1.29 is 0 Å². The van der Waals surface area contributed by atoms with Crippen LogP contribution in [0.15, 0.2) is 18.3 Å². The van der Waals surface area contributed by atoms with E-state index in [0.717, 1.165) is 22.4 Å². The average molecular weight is 276 g/mol. The van der Waals surface area contributed by atoms with Crippen molar-refractivity contribution >= 4 is 23.4 Å². The van der Waals surface area contributed by atoms with E-state index < -0.39 is 0 Å². The van der Waals surface area contributed by atoms with Gasteiger partial charge in [-0.1, -0.05) is 12.5 Å². The third kappa shape index (κ3) is 2.71. The van der Waals surface area contributed by atoms with Crippen molar-refractivity contribution in [2.75, 3.05) is 11.6 Å². The van der Waals surface area contributed by atoms with Crippen molar-refractivity contribution in [3.05, 3.63) is 23.9 Å². The Hall–Kier alpha value is -1.23. The standard InChI is InChI=1S/C14H20N4S/c1-10-5-4-8-18-13(10)16-14(17-18)15-11-6-3-7-12(9-11)19-2/h4-5,8,11-12H,3,6-7,9H2,1-2H3,(H,15,17). The van der Waals surface area contributed by atoms with E-state index in [9.17, 15) is 0 Å². The fourth-order valence-corrected chi connectivity index (χ4v) is 3.60. The molecule has 19 heavy (non-hydrogen) atoms. The molecule has 2 unspecified atom stereocenters. The van der Waals surface area contributed by atoms with Crippen LogP contribution in [0.2, 0.25) is 0 Å². The zero-order valence-corrected chi connectivity index (χ0v) is 12.3. The van der Waals surface area contributed by atoms with Crippen LogP contribution in [-0.4, -0.2) is 32.1 Å². The molecular formula is C14H20N4S. The fraction of sp³-hybridized carbons (Fsp3) is 0.571. The van der Waals surface area contributed by atoms with Crippen LogP contribution in [0.5, 0.6) is 0 Å². The molecule has 1 N–H and O–H groups in total. The number of aryl methyl sites for hydroxylation is 1. The number of pyridine rings is 1. The lowest BCUT2D eigenvalue weighted by Gasteiger charge is -2.28. The van der Waals surface area contributed by atoms with E-state index in [2.05, 4.69) is 34.6 Å². The van der Waals surface area contributed by atoms with Crippen LogP contribution < -0.4 is 5.32 Å². The number of fused-ring (bicyclic) bond motifs is 1. The molecule has 2 atom stereocenters. The molecule has 2 heterocycles. The third-order valence-electron chi connectivity index (χ3n) is 3.85. The second-order valence-corrected chi connectivity index (χ2v) is 6.40. The van der Waals surface area contributed by atoms with Crippen LogP contribution in [0, 0.1) is 6.92 Å². The molecule has 0 aliphatic heterocycles. The van der Waals surface area contributed by atoms with Gasteiger partial charge in [-0.15, -0.1) is 5.10 Å². The molecule has 2 aromatic rings. The van der Waals surface area contributed by atoms with E-state index in [1.807, 2.05) is 28.5 Å². The van der Waals surface area contributed by atoms with Crippen LogP contribution in [0.3, 0.4) is 0 Å². The summed E-state index contributed by atoms with van der Waals surface area (Å²) in [6.07, 6.45) is 9.25. The van der Waals surface area contributed by atoms with Crippen LogP contribution in [0.4, 0.5) is 5.95 Å². The number of hydrogen-bond acceptors (Lipinski definition) is 4. The summed E-state index contributed by atoms with van der Waals surface area (Å²) in [6.45, 7) is 2.07. The topological polar surface area (TPSA) is 42.2 Å². The van der Waals surface area contributed by atoms with Gasteiger partial charge in [0.2, 0.25) is 5.95 Å². The molecule has 0 bridgehead atoms. The van der Waals surface area contributed by atoms with Crippen LogP contribution in [0.1, 0.15) is 31.2 Å². The summed E-state index contributed by atoms with van der Waals surface area (Å²) in [5.41, 5.74) is 2.11. The zero-order valence-electron chi connectivity index (χ0n) is 11.5. The predicted octanol–water partition coefficient (Wildman–Crippen LogP) is 3.12. The van der Waals surface area contributed by atoms with Crippen molar-refractivity contribution in [2.24, 2.45) is 0 Å². The quantitative estimate of drug-likeness (QED) is 0.935. The van der Waals surface area contributed by atoms with Gasteiger partial charge in [-0.05, 0) is 44.1 Å². The number of nitrogens with one attached hydrogen (secondary N) is 1. The first-order valence-corrected chi connectivity index (χ1v) is 8.16. The Labute approximate surface area is 118 Å². The summed E-state index contributed by atoms with van der Waals surface area (Å²) in [5.74, 6) is 0.765. The van der Waals surface area contributed by atoms with Crippen LogP contribution in [-0.2, 0) is 0 Å². The van der Waals surface area contributed by atoms with Crippen LogP contribution in [0.25, 0.3) is 5.65 Å². The number of anilines is 1. The minimum Gasteiger partial charge on any atom is -0.350 e. The Bertz CT molecular complexity index is 566. The molecule has 0 radical (unpaired) electrons. The number of aromatic nitrogens is 3. The summed E-state index contributed by atoms with van der Waals surface area (Å²) >= 11 is 1.98. The van der Waals surface area contributed by atoms with Gasteiger partial charge in [0.15, 0.2) is 5.65 Å². The molecule has 2 aromatic heterocycles. The smallest absolute Gasteiger partial charge is 0.243 e. The Morgan fingerprint density at radius 3 is 3.11 bits per heavy atom. The maximum Gasteiger partial charge on any atom is 0.243 e. The molecule has 0 amide bonds. The normalized spacial score (nSPS) is 23.7. The summed E-state index contributed by atoms with van der Waals surface area (Å²) in [5, 5.41) is 8.79. The van der Waals surface area contributed by atoms with Gasteiger partial charge in [-0.25, -0.2) is 4.52 Å². The SMILES string of the molecule is CSC1CCCC(Nc2nc3c(C)cccn3n2)C1. The zero-order chi connectivity index (χ0) is 13.2. The molecule has 1 fully saturated rings. The molecule has 0 spiro atoms. The van der Waals surface area contributed by atoms with Gasteiger partial charge in [0, 0.05) is 17.5 Å². The average Bonchev–Trinajstić information content (AvgIpc) is 2.83. The monoisotopic (exact) mass is 276 g/mol. The third-order valence-corrected chi connectivity index (χ3v) is 4.94. The first-order valence-electron chi connectivity index (χ1n) is 6.87. The van der Waals surface area contributed by atoms with E-state index in [-0.39, 0.29) is 0 Å². The first kappa shape index (κ1) is 12.8. The van der Waals surface area contributed by atoms with E-state index >= 15 is 0 Å². The highest BCUT2D eigenvalue weighted by Gasteiger charge is 2.22. The number of thioether (sulfide) groups is 1. The molecule has 3 rings (SSSR count). The molecule has 5 heteroatoms. The van der Waals surface area contributed by atoms with Crippen molar-refractivity contribution in [2.45, 2.75) is 43.9 Å². The maximum atomic E-state index is 4.59. The second kappa shape index (κ2) is 5.41. The minimum absolute atomic E-state index is 0.518. The lowest BCUT2D eigenvalue weighted by atomic mass is 9.95. The first-order chi connectivity index (χ1) is 9.26. The van der Waals surface area contributed by atoms with E-state index in [1.165, 1.54) is 25.7 Å². The fourth-order valence-electron chi connectivity index (χ4n) is 2.77. The predicted molar refractivity (Wildman–Crippen MR) is 80.9 cm³/mol. The molecular weight excluding hydrogens is 256 g/mol. The summed E-state index contributed by atoms with van der Waals surface area (Å²) in [6, 6.07) is 4.59. The maximum absolute atomic E-state index is 4.59. The number of rotatable bonds is 3. The molecule has 0 saturated heterocycles. The second-order valence-electron chi connectivity index (χ2n) is 5.26. The highest BCUT2D eigenvalue weighted by atomic mass is 32.2. The minimum atomic E-state index is 0.518. The highest BCUT2D eigenvalue weighted by Crippen LogP contribution is 2.28. The number of nitrogens with zero attached hydrogens (tertiary/aromatic N) is 3. The molecule has 1 saturated carbocycles. The molecule has 0 aromatic carbocycles. The van der Waals surface area contributed by atoms with Crippen LogP contribution >= 0.6 is 11.8 Å². The summed E-state index contributed by atoms with van der Waals surface area (Å²) in [4.78, 5) is 4.59. The van der Waals surface area contributed by atoms with E-state index in [4.69, 9.17) is 0 Å². The molecule has 102 valence electrons. The largest absolute Gasteiger partial charge is 0.350 e. The van der Waals surface area contributed by atoms with Gasteiger partial charge in [0.1, 0.15) is 0 Å². The van der Waals surface area contributed by atoms with Gasteiger partial charge >= 0.3 is 0 Å². The van der Waals surface area contributed by atoms with Gasteiger partial charge < -0.3 is 5.32 Å². The van der Waals surface area contributed by atoms with Crippen molar-refractivity contribution in [1.82, 2.24) is 14.6 Å². The molecule has 1 aliphatic carbocycles.